The number of unbranched alkanes of at least 4 members (excludes halogenated alkanes) is 18. The van der Waals surface area contributed by atoms with Crippen molar-refractivity contribution in [2.75, 3.05) is 11.5 Å². The first-order valence-electron chi connectivity index (χ1n) is 18.8. The fraction of sp³-hybridized carbons (Fsp3) is 0.571. The van der Waals surface area contributed by atoms with Crippen molar-refractivity contribution >= 4 is 42.8 Å². The minimum atomic E-state index is -4.01. The number of rotatable bonds is 27. The molecular formula is C42H65S2Sb. The zero-order valence-corrected chi connectivity index (χ0v) is 33.2. The van der Waals surface area contributed by atoms with Crippen LogP contribution in [0, 0.1) is 0 Å². The summed E-state index contributed by atoms with van der Waals surface area (Å²) in [5.74, 6) is 2.50. The van der Waals surface area contributed by atoms with E-state index in [1.165, 1.54) is 140 Å². The maximum absolute atomic E-state index is 4.01. The van der Waals surface area contributed by atoms with E-state index in [4.69, 9.17) is 0 Å². The summed E-state index contributed by atoms with van der Waals surface area (Å²) in [4.78, 5) is 0. The molecule has 0 spiro atoms. The standard InChI is InChI=1S/2C12H26S.3C6H5.Sb/c2*1-2-3-4-5-6-7-8-9-10-11-12-13;3*1-2-4-6-5-3-1;/h2*13H,2-12H2,1H3;3*1-5H;/q;;;;;+2/p-2. The van der Waals surface area contributed by atoms with Crippen molar-refractivity contribution in [2.45, 2.75) is 142 Å². The van der Waals surface area contributed by atoms with E-state index in [1.54, 1.807) is 10.5 Å². The molecular weight excluding hydrogens is 690 g/mol. The van der Waals surface area contributed by atoms with Crippen molar-refractivity contribution in [3.8, 4) is 0 Å². The Morgan fingerprint density at radius 3 is 0.844 bits per heavy atom. The molecule has 0 saturated carbocycles. The first kappa shape index (κ1) is 38.6. The van der Waals surface area contributed by atoms with Gasteiger partial charge in [-0.15, -0.1) is 0 Å². The molecule has 0 saturated heterocycles. The fourth-order valence-electron chi connectivity index (χ4n) is 6.68. The molecule has 3 aromatic rings. The number of hydrogen-bond acceptors (Lipinski definition) is 2. The second-order valence-electron chi connectivity index (χ2n) is 13.0. The van der Waals surface area contributed by atoms with Gasteiger partial charge in [-0.05, 0) is 0 Å². The Balaban J connectivity index is 1.74. The molecule has 0 aliphatic heterocycles. The van der Waals surface area contributed by atoms with Gasteiger partial charge in [0.05, 0.1) is 0 Å². The first-order chi connectivity index (χ1) is 22.3. The van der Waals surface area contributed by atoms with Crippen LogP contribution in [0.4, 0.5) is 0 Å². The van der Waals surface area contributed by atoms with Gasteiger partial charge in [-0.2, -0.15) is 0 Å². The molecule has 0 radical (unpaired) electrons. The van der Waals surface area contributed by atoms with Crippen LogP contribution in [0.3, 0.4) is 0 Å². The zero-order chi connectivity index (χ0) is 31.8. The van der Waals surface area contributed by atoms with Crippen LogP contribution >= 0.6 is 17.7 Å². The average Bonchev–Trinajstić information content (AvgIpc) is 3.10. The molecule has 0 atom stereocenters. The van der Waals surface area contributed by atoms with Crippen molar-refractivity contribution in [1.82, 2.24) is 0 Å². The third-order valence-corrected chi connectivity index (χ3v) is 46.2. The molecule has 0 heterocycles. The van der Waals surface area contributed by atoms with E-state index in [0.717, 1.165) is 0 Å². The van der Waals surface area contributed by atoms with E-state index in [1.807, 2.05) is 0 Å². The van der Waals surface area contributed by atoms with Crippen molar-refractivity contribution < 1.29 is 0 Å². The molecule has 3 rings (SSSR count). The normalized spacial score (nSPS) is 12.6. The molecule has 45 heavy (non-hydrogen) atoms. The first-order valence-corrected chi connectivity index (χ1v) is 30.7. The molecule has 0 unspecified atom stereocenters. The van der Waals surface area contributed by atoms with Crippen molar-refractivity contribution in [3.05, 3.63) is 91.0 Å². The summed E-state index contributed by atoms with van der Waals surface area (Å²) >= 11 is -4.01. The Labute approximate surface area is 285 Å². The summed E-state index contributed by atoms with van der Waals surface area (Å²) in [7, 11) is 4.80. The minimum absolute atomic E-state index is 1.25. The third kappa shape index (κ3) is 12.3. The molecule has 3 aromatic carbocycles. The van der Waals surface area contributed by atoms with Gasteiger partial charge in [0, 0.05) is 0 Å². The zero-order valence-electron chi connectivity index (χ0n) is 29.0. The van der Waals surface area contributed by atoms with Gasteiger partial charge in [0.15, 0.2) is 0 Å². The van der Waals surface area contributed by atoms with Crippen molar-refractivity contribution in [1.29, 1.82) is 0 Å². The molecule has 250 valence electrons. The predicted molar refractivity (Wildman–Crippen MR) is 213 cm³/mol. The summed E-state index contributed by atoms with van der Waals surface area (Å²) < 4.78 is 4.82. The van der Waals surface area contributed by atoms with E-state index in [2.05, 4.69) is 123 Å². The van der Waals surface area contributed by atoms with Crippen LogP contribution in [0.2, 0.25) is 0 Å². The van der Waals surface area contributed by atoms with Crippen LogP contribution in [-0.2, 0) is 0 Å². The summed E-state index contributed by atoms with van der Waals surface area (Å²) in [6.45, 7) is 4.62. The summed E-state index contributed by atoms with van der Waals surface area (Å²) in [5, 5.41) is 0. The Morgan fingerprint density at radius 1 is 0.333 bits per heavy atom. The Morgan fingerprint density at radius 2 is 0.578 bits per heavy atom. The molecule has 0 aromatic heterocycles. The molecule has 0 aliphatic rings. The van der Waals surface area contributed by atoms with Gasteiger partial charge in [0.2, 0.25) is 0 Å². The van der Waals surface area contributed by atoms with Gasteiger partial charge >= 0.3 is 274 Å². The fourth-order valence-corrected chi connectivity index (χ4v) is 43.6. The van der Waals surface area contributed by atoms with Gasteiger partial charge in [-0.3, -0.25) is 0 Å². The van der Waals surface area contributed by atoms with Gasteiger partial charge < -0.3 is 0 Å². The van der Waals surface area contributed by atoms with E-state index < -0.39 is 14.6 Å². The number of hydrogen-bond donors (Lipinski definition) is 0. The van der Waals surface area contributed by atoms with Crippen LogP contribution in [-0.4, -0.2) is 26.1 Å². The monoisotopic (exact) mass is 754 g/mol. The van der Waals surface area contributed by atoms with E-state index in [0.29, 0.717) is 0 Å². The number of benzene rings is 3. The van der Waals surface area contributed by atoms with Crippen LogP contribution in [0.5, 0.6) is 0 Å². The second kappa shape index (κ2) is 23.5. The Bertz CT molecular complexity index is 972. The molecule has 0 N–H and O–H groups in total. The van der Waals surface area contributed by atoms with E-state index in [-0.39, 0.29) is 0 Å². The van der Waals surface area contributed by atoms with Gasteiger partial charge in [-0.25, -0.2) is 0 Å². The van der Waals surface area contributed by atoms with Gasteiger partial charge in [0.1, 0.15) is 0 Å². The molecule has 0 bridgehead atoms. The topological polar surface area (TPSA) is 0 Å². The summed E-state index contributed by atoms with van der Waals surface area (Å²) in [6.07, 6.45) is 27.9. The average molecular weight is 756 g/mol. The second-order valence-corrected chi connectivity index (χ2v) is 40.0. The molecule has 0 aliphatic carbocycles. The molecule has 0 fully saturated rings. The summed E-state index contributed by atoms with van der Waals surface area (Å²) in [6, 6.07) is 35.3. The van der Waals surface area contributed by atoms with Crippen molar-refractivity contribution in [2.24, 2.45) is 0 Å². The SMILES string of the molecule is CCCCCCCCCCCC[S][Sb]([S]CCCCCCCCCCCC)([c]1ccccc1)([c]1ccccc1)[c]1ccccc1. The maximum atomic E-state index is 2.48. The van der Waals surface area contributed by atoms with Crippen LogP contribution in [0.15, 0.2) is 91.0 Å². The van der Waals surface area contributed by atoms with E-state index in [9.17, 15) is 0 Å². The van der Waals surface area contributed by atoms with Gasteiger partial charge in [0.25, 0.3) is 0 Å². The van der Waals surface area contributed by atoms with Crippen LogP contribution in [0.25, 0.3) is 0 Å². The third-order valence-electron chi connectivity index (χ3n) is 9.35. The molecule has 0 nitrogen and oxygen atoms in total. The van der Waals surface area contributed by atoms with Gasteiger partial charge in [-0.1, -0.05) is 13.8 Å². The summed E-state index contributed by atoms with van der Waals surface area (Å²) in [5.41, 5.74) is 0. The van der Waals surface area contributed by atoms with Crippen molar-refractivity contribution in [3.63, 3.8) is 0 Å². The Kier molecular flexibility index (Phi) is 20.2. The molecule has 3 heteroatoms. The molecule has 0 amide bonds. The Hall–Kier alpha value is -0.822. The predicted octanol–water partition coefficient (Wildman–Crippen LogP) is 12.4. The van der Waals surface area contributed by atoms with Crippen LogP contribution < -0.4 is 10.5 Å². The quantitative estimate of drug-likeness (QED) is 0.0561. The van der Waals surface area contributed by atoms with E-state index >= 15 is 0 Å². The van der Waals surface area contributed by atoms with Crippen LogP contribution in [0.1, 0.15) is 142 Å².